The van der Waals surface area contributed by atoms with E-state index >= 15 is 0 Å². The summed E-state index contributed by atoms with van der Waals surface area (Å²) < 4.78 is 15.0. The summed E-state index contributed by atoms with van der Waals surface area (Å²) in [5.74, 6) is 0. The van der Waals surface area contributed by atoms with Crippen LogP contribution in [0.15, 0.2) is 0 Å². The third-order valence-corrected chi connectivity index (χ3v) is 4.83. The molecule has 11 heteroatoms. The summed E-state index contributed by atoms with van der Waals surface area (Å²) in [4.78, 5) is 0. The minimum Gasteiger partial charge on any atom is -0.394 e. The molecule has 0 amide bonds. The maximum absolute atomic E-state index is 10.9. The average molecular weight is 356 g/mol. The molecule has 0 saturated carbocycles. The predicted molar refractivity (Wildman–Crippen MR) is 73.5 cm³/mol. The first-order valence-electron chi connectivity index (χ1n) is 7.37. The lowest BCUT2D eigenvalue weighted by Gasteiger charge is -2.57. The van der Waals surface area contributed by atoms with Crippen LogP contribution in [0.5, 0.6) is 0 Å². The number of ether oxygens (including phenoxy) is 3. The highest BCUT2D eigenvalue weighted by molar-refractivity contribution is 5.18. The molecule has 2 heterocycles. The van der Waals surface area contributed by atoms with E-state index in [1.807, 2.05) is 0 Å². The van der Waals surface area contributed by atoms with Crippen LogP contribution in [0, 0.1) is 0 Å². The van der Waals surface area contributed by atoms with Crippen LogP contribution in [-0.2, 0) is 14.2 Å². The van der Waals surface area contributed by atoms with Crippen molar-refractivity contribution in [1.29, 1.82) is 0 Å². The van der Waals surface area contributed by atoms with Crippen LogP contribution in [0.25, 0.3) is 0 Å². The van der Waals surface area contributed by atoms with Crippen molar-refractivity contribution in [1.82, 2.24) is 0 Å². The van der Waals surface area contributed by atoms with Gasteiger partial charge in [-0.3, -0.25) is 0 Å². The molecule has 2 fully saturated rings. The fourth-order valence-corrected chi connectivity index (χ4v) is 3.27. The molecule has 0 radical (unpaired) electrons. The zero-order valence-electron chi connectivity index (χ0n) is 13.0. The normalized spacial score (nSPS) is 53.1. The molecule has 2 aliphatic heterocycles. The SMILES string of the molecule is CO[C@H]1O[C@H](CO)[C@](O)([C@@]2(O)CO[C@H](CO)[C@H](O)[C@@H]2O)[C@H](O)[C@@H]1O. The van der Waals surface area contributed by atoms with Crippen molar-refractivity contribution in [2.75, 3.05) is 26.9 Å². The van der Waals surface area contributed by atoms with Gasteiger partial charge in [0.15, 0.2) is 17.5 Å². The van der Waals surface area contributed by atoms with Gasteiger partial charge in [0.25, 0.3) is 0 Å². The van der Waals surface area contributed by atoms with Crippen molar-refractivity contribution in [3.05, 3.63) is 0 Å². The summed E-state index contributed by atoms with van der Waals surface area (Å²) in [6, 6.07) is 0. The molecular formula is C13H24O11. The zero-order chi connectivity index (χ0) is 18.3. The Morgan fingerprint density at radius 3 is 2.12 bits per heavy atom. The molecule has 142 valence electrons. The summed E-state index contributed by atoms with van der Waals surface area (Å²) in [6.07, 6.45) is -12.1. The molecule has 0 unspecified atom stereocenters. The minimum atomic E-state index is -2.81. The summed E-state index contributed by atoms with van der Waals surface area (Å²) in [7, 11) is 1.16. The predicted octanol–water partition coefficient (Wildman–Crippen LogP) is -5.35. The van der Waals surface area contributed by atoms with Gasteiger partial charge in [-0.05, 0) is 0 Å². The molecule has 2 aliphatic rings. The summed E-state index contributed by atoms with van der Waals surface area (Å²) in [5, 5.41) is 80.7. The Morgan fingerprint density at radius 2 is 1.62 bits per heavy atom. The van der Waals surface area contributed by atoms with Gasteiger partial charge in [-0.25, -0.2) is 0 Å². The first-order valence-corrected chi connectivity index (χ1v) is 7.37. The Labute approximate surface area is 137 Å². The van der Waals surface area contributed by atoms with Gasteiger partial charge < -0.3 is 55.1 Å². The van der Waals surface area contributed by atoms with Crippen molar-refractivity contribution in [2.45, 2.75) is 54.1 Å². The first-order chi connectivity index (χ1) is 11.2. The lowest BCUT2D eigenvalue weighted by Crippen LogP contribution is -2.82. The Balaban J connectivity index is 2.42. The number of aliphatic hydroxyl groups is 8. The highest BCUT2D eigenvalue weighted by Crippen LogP contribution is 2.43. The van der Waals surface area contributed by atoms with Crippen LogP contribution in [-0.4, -0.2) is 122 Å². The fraction of sp³-hybridized carbons (Fsp3) is 1.00. The van der Waals surface area contributed by atoms with Crippen LogP contribution in [0.4, 0.5) is 0 Å². The molecule has 0 bridgehead atoms. The molecule has 0 spiro atoms. The highest BCUT2D eigenvalue weighted by Gasteiger charge is 2.70. The smallest absolute Gasteiger partial charge is 0.186 e. The molecule has 24 heavy (non-hydrogen) atoms. The van der Waals surface area contributed by atoms with Gasteiger partial charge in [-0.2, -0.15) is 0 Å². The van der Waals surface area contributed by atoms with Crippen molar-refractivity contribution >= 4 is 0 Å². The van der Waals surface area contributed by atoms with E-state index in [1.54, 1.807) is 0 Å². The van der Waals surface area contributed by atoms with E-state index in [9.17, 15) is 35.7 Å². The summed E-state index contributed by atoms with van der Waals surface area (Å²) in [5.41, 5.74) is -5.53. The van der Waals surface area contributed by atoms with Crippen LogP contribution in [0.1, 0.15) is 0 Å². The molecular weight excluding hydrogens is 332 g/mol. The van der Waals surface area contributed by atoms with Gasteiger partial charge in [0.2, 0.25) is 0 Å². The lowest BCUT2D eigenvalue weighted by atomic mass is 9.67. The van der Waals surface area contributed by atoms with E-state index < -0.39 is 73.9 Å². The largest absolute Gasteiger partial charge is 0.394 e. The molecule has 0 aliphatic carbocycles. The van der Waals surface area contributed by atoms with Crippen molar-refractivity contribution in [2.24, 2.45) is 0 Å². The number of hydrogen-bond acceptors (Lipinski definition) is 11. The van der Waals surface area contributed by atoms with Gasteiger partial charge in [-0.1, -0.05) is 0 Å². The molecule has 9 atom stereocenters. The van der Waals surface area contributed by atoms with E-state index in [0.29, 0.717) is 0 Å². The van der Waals surface area contributed by atoms with E-state index in [2.05, 4.69) is 0 Å². The quantitative estimate of drug-likeness (QED) is 0.240. The van der Waals surface area contributed by atoms with Crippen LogP contribution in [0.2, 0.25) is 0 Å². The fourth-order valence-electron chi connectivity index (χ4n) is 3.27. The maximum atomic E-state index is 10.9. The topological polar surface area (TPSA) is 190 Å². The number of hydrogen-bond donors (Lipinski definition) is 8. The molecule has 0 aromatic rings. The van der Waals surface area contributed by atoms with Crippen LogP contribution in [0.3, 0.4) is 0 Å². The second kappa shape index (κ2) is 7.05. The number of rotatable bonds is 4. The van der Waals surface area contributed by atoms with Crippen molar-refractivity contribution in [3.63, 3.8) is 0 Å². The standard InChI is InChI=1S/C13H24O11/c1-22-11-8(17)10(19)13(21,6(3-15)24-11)12(20)4-23-5(2-14)7(16)9(12)18/h5-11,14-21H,2-4H2,1H3/t5-,6-,7+,8+,9+,10-,11+,12-,13-/m1/s1. The molecule has 2 saturated heterocycles. The molecule has 2 rings (SSSR count). The second-order valence-corrected chi connectivity index (χ2v) is 6.06. The monoisotopic (exact) mass is 356 g/mol. The van der Waals surface area contributed by atoms with Gasteiger partial charge in [0.05, 0.1) is 19.8 Å². The number of methoxy groups -OCH3 is 1. The van der Waals surface area contributed by atoms with E-state index in [4.69, 9.17) is 19.3 Å². The maximum Gasteiger partial charge on any atom is 0.186 e. The van der Waals surface area contributed by atoms with Gasteiger partial charge in [-0.15, -0.1) is 0 Å². The van der Waals surface area contributed by atoms with E-state index in [1.165, 1.54) is 0 Å². The Hall–Kier alpha value is -0.440. The van der Waals surface area contributed by atoms with Gasteiger partial charge in [0.1, 0.15) is 36.6 Å². The van der Waals surface area contributed by atoms with Crippen molar-refractivity contribution in [3.8, 4) is 0 Å². The zero-order valence-corrected chi connectivity index (χ0v) is 13.0. The van der Waals surface area contributed by atoms with Crippen LogP contribution >= 0.6 is 0 Å². The highest BCUT2D eigenvalue weighted by atomic mass is 16.7. The molecule has 0 aromatic heterocycles. The Morgan fingerprint density at radius 1 is 1.00 bits per heavy atom. The molecule has 8 N–H and O–H groups in total. The third-order valence-electron chi connectivity index (χ3n) is 4.83. The lowest BCUT2D eigenvalue weighted by molar-refractivity contribution is -0.389. The summed E-state index contributed by atoms with van der Waals surface area (Å²) >= 11 is 0. The third kappa shape index (κ3) is 2.66. The first kappa shape index (κ1) is 19.9. The minimum absolute atomic E-state index is 0.663. The van der Waals surface area contributed by atoms with E-state index in [0.717, 1.165) is 7.11 Å². The Bertz CT molecular complexity index is 432. The second-order valence-electron chi connectivity index (χ2n) is 6.06. The summed E-state index contributed by atoms with van der Waals surface area (Å²) in [6.45, 7) is -2.38. The van der Waals surface area contributed by atoms with Crippen molar-refractivity contribution < 1.29 is 55.1 Å². The number of aliphatic hydroxyl groups excluding tert-OH is 6. The Kier molecular flexibility index (Phi) is 5.84. The molecule has 0 aromatic carbocycles. The van der Waals surface area contributed by atoms with E-state index in [-0.39, 0.29) is 0 Å². The van der Waals surface area contributed by atoms with Crippen LogP contribution < -0.4 is 0 Å². The van der Waals surface area contributed by atoms with Gasteiger partial charge >= 0.3 is 0 Å². The average Bonchev–Trinajstić information content (AvgIpc) is 2.58. The van der Waals surface area contributed by atoms with Gasteiger partial charge in [0, 0.05) is 7.11 Å². The molecule has 11 nitrogen and oxygen atoms in total.